The summed E-state index contributed by atoms with van der Waals surface area (Å²) in [5.74, 6) is 0.651. The largest absolute Gasteiger partial charge is 0.368 e. The van der Waals surface area contributed by atoms with E-state index in [9.17, 15) is 4.79 Å². The Balaban J connectivity index is 1.65. The van der Waals surface area contributed by atoms with Crippen LogP contribution >= 0.6 is 0 Å². The minimum absolute atomic E-state index is 0.0743. The number of amides is 1. The first-order valence-electron chi connectivity index (χ1n) is 10.2. The fourth-order valence-corrected chi connectivity index (χ4v) is 4.10. The van der Waals surface area contributed by atoms with Crippen LogP contribution in [0.1, 0.15) is 42.1 Å². The number of nitrogens with two attached hydrogens (primary N) is 1. The zero-order valence-corrected chi connectivity index (χ0v) is 16.8. The summed E-state index contributed by atoms with van der Waals surface area (Å²) in [5, 5.41) is 3.10. The minimum Gasteiger partial charge on any atom is -0.368 e. The molecule has 2 fully saturated rings. The van der Waals surface area contributed by atoms with Gasteiger partial charge in [0.25, 0.3) is 5.91 Å². The van der Waals surface area contributed by atoms with Gasteiger partial charge in [0.05, 0.1) is 27.8 Å². The highest BCUT2D eigenvalue weighted by molar-refractivity contribution is 6.03. The van der Waals surface area contributed by atoms with Crippen molar-refractivity contribution in [1.82, 2.24) is 20.3 Å². The predicted molar refractivity (Wildman–Crippen MR) is 114 cm³/mol. The topological polar surface area (TPSA) is 99.9 Å². The molecule has 2 aliphatic rings. The van der Waals surface area contributed by atoms with E-state index in [-0.39, 0.29) is 17.5 Å². The lowest BCUT2D eigenvalue weighted by Crippen LogP contribution is -2.39. The number of carbonyl (C=O) groups is 1. The third-order valence-electron chi connectivity index (χ3n) is 5.87. The molecule has 1 atom stereocenters. The molecule has 2 aromatic heterocycles. The van der Waals surface area contributed by atoms with E-state index in [1.54, 1.807) is 12.4 Å². The molecule has 0 bridgehead atoms. The molecule has 1 saturated heterocycles. The number of pyridine rings is 1. The third kappa shape index (κ3) is 3.35. The first-order chi connectivity index (χ1) is 13.9. The maximum atomic E-state index is 13.0. The highest BCUT2D eigenvalue weighted by atomic mass is 16.1. The molecule has 5 rings (SSSR count). The number of anilines is 1. The molecule has 1 aromatic carbocycles. The Hall–Kier alpha value is -2.93. The first kappa shape index (κ1) is 18.1. The van der Waals surface area contributed by atoms with Crippen molar-refractivity contribution in [3.8, 4) is 11.4 Å². The zero-order chi connectivity index (χ0) is 20.2. The number of para-hydroxylation sites is 1. The van der Waals surface area contributed by atoms with Crippen molar-refractivity contribution >= 4 is 22.6 Å². The summed E-state index contributed by atoms with van der Waals surface area (Å²) in [6.07, 6.45) is 6.42. The number of aromatic amines is 1. The third-order valence-corrected chi connectivity index (χ3v) is 5.87. The van der Waals surface area contributed by atoms with Gasteiger partial charge >= 0.3 is 0 Å². The molecule has 150 valence electrons. The van der Waals surface area contributed by atoms with Crippen LogP contribution in [0.25, 0.3) is 22.4 Å². The van der Waals surface area contributed by atoms with Gasteiger partial charge in [-0.3, -0.25) is 9.78 Å². The van der Waals surface area contributed by atoms with Crippen molar-refractivity contribution < 1.29 is 4.79 Å². The Morgan fingerprint density at radius 3 is 2.86 bits per heavy atom. The maximum absolute atomic E-state index is 13.0. The molecule has 4 N–H and O–H groups in total. The van der Waals surface area contributed by atoms with Crippen LogP contribution in [0.15, 0.2) is 30.6 Å². The van der Waals surface area contributed by atoms with Gasteiger partial charge in [0.2, 0.25) is 0 Å². The van der Waals surface area contributed by atoms with E-state index in [1.165, 1.54) is 0 Å². The number of aromatic nitrogens is 3. The van der Waals surface area contributed by atoms with Crippen LogP contribution in [-0.4, -0.2) is 45.5 Å². The number of nitrogens with zero attached hydrogens (tertiary/aromatic N) is 3. The number of aryl methyl sites for hydroxylation is 1. The van der Waals surface area contributed by atoms with Crippen molar-refractivity contribution in [3.63, 3.8) is 0 Å². The zero-order valence-electron chi connectivity index (χ0n) is 16.8. The summed E-state index contributed by atoms with van der Waals surface area (Å²) in [7, 11) is 0. The second-order valence-corrected chi connectivity index (χ2v) is 8.71. The molecule has 1 saturated carbocycles. The number of benzene rings is 1. The average Bonchev–Trinajstić information content (AvgIpc) is 3.26. The lowest BCUT2D eigenvalue weighted by molar-refractivity contribution is 0.0951. The first-order valence-corrected chi connectivity index (χ1v) is 10.2. The number of nitrogens with one attached hydrogen (secondary N) is 2. The predicted octanol–water partition coefficient (Wildman–Crippen LogP) is 2.75. The standard InChI is InChI=1S/C22H26N6O/c1-13-4-3-5-17-18(13)27-20(26-17)15-10-24-11-16(21(29)25-14-6-7-14)19(15)28-9-8-22(2,23)12-28/h3-5,10-11,14H,6-9,12,23H2,1-2H3,(H,25,29)(H,26,27)/t22-/m0/s1. The highest BCUT2D eigenvalue weighted by Gasteiger charge is 2.35. The van der Waals surface area contributed by atoms with E-state index in [4.69, 9.17) is 10.7 Å². The van der Waals surface area contributed by atoms with Crippen molar-refractivity contribution in [2.24, 2.45) is 5.73 Å². The molecule has 1 amide bonds. The van der Waals surface area contributed by atoms with Crippen LogP contribution in [0.3, 0.4) is 0 Å². The van der Waals surface area contributed by atoms with Gasteiger partial charge in [0, 0.05) is 37.1 Å². The molecule has 1 aliphatic heterocycles. The number of rotatable bonds is 4. The molecule has 29 heavy (non-hydrogen) atoms. The summed E-state index contributed by atoms with van der Waals surface area (Å²) in [6, 6.07) is 6.36. The lowest BCUT2D eigenvalue weighted by Gasteiger charge is -2.25. The Morgan fingerprint density at radius 2 is 2.17 bits per heavy atom. The molecule has 1 aliphatic carbocycles. The monoisotopic (exact) mass is 390 g/mol. The van der Waals surface area contributed by atoms with Gasteiger partial charge in [-0.1, -0.05) is 12.1 Å². The average molecular weight is 390 g/mol. The van der Waals surface area contributed by atoms with Crippen LogP contribution in [0.2, 0.25) is 0 Å². The van der Waals surface area contributed by atoms with Crippen LogP contribution in [-0.2, 0) is 0 Å². The summed E-state index contributed by atoms with van der Waals surface area (Å²) >= 11 is 0. The van der Waals surface area contributed by atoms with Gasteiger partial charge in [-0.2, -0.15) is 0 Å². The summed E-state index contributed by atoms with van der Waals surface area (Å²) in [5.41, 5.74) is 11.4. The second-order valence-electron chi connectivity index (χ2n) is 8.71. The molecule has 0 unspecified atom stereocenters. The Kier molecular flexibility index (Phi) is 4.10. The van der Waals surface area contributed by atoms with E-state index >= 15 is 0 Å². The number of fused-ring (bicyclic) bond motifs is 1. The molecule has 0 spiro atoms. The normalized spacial score (nSPS) is 21.7. The van der Waals surface area contributed by atoms with Crippen LogP contribution in [0, 0.1) is 6.92 Å². The van der Waals surface area contributed by atoms with Gasteiger partial charge in [-0.25, -0.2) is 4.98 Å². The molecule has 7 nitrogen and oxygen atoms in total. The highest BCUT2D eigenvalue weighted by Crippen LogP contribution is 2.37. The van der Waals surface area contributed by atoms with Gasteiger partial charge in [-0.15, -0.1) is 0 Å². The van der Waals surface area contributed by atoms with E-state index in [2.05, 4.69) is 27.1 Å². The van der Waals surface area contributed by atoms with Crippen LogP contribution in [0.5, 0.6) is 0 Å². The van der Waals surface area contributed by atoms with Crippen LogP contribution in [0.4, 0.5) is 5.69 Å². The number of hydrogen-bond acceptors (Lipinski definition) is 5. The van der Waals surface area contributed by atoms with Crippen molar-refractivity contribution in [3.05, 3.63) is 41.7 Å². The van der Waals surface area contributed by atoms with E-state index < -0.39 is 0 Å². The number of hydrogen-bond donors (Lipinski definition) is 3. The molecular formula is C22H26N6O. The molecule has 3 heterocycles. The van der Waals surface area contributed by atoms with Crippen molar-refractivity contribution in [2.45, 2.75) is 44.7 Å². The number of carbonyl (C=O) groups excluding carboxylic acids is 1. The SMILES string of the molecule is Cc1cccc2[nH]c(-c3cncc(C(=O)NC4CC4)c3N3CC[C@](C)(N)C3)nc12. The summed E-state index contributed by atoms with van der Waals surface area (Å²) < 4.78 is 0. The van der Waals surface area contributed by atoms with Gasteiger partial charge in [0.15, 0.2) is 0 Å². The van der Waals surface area contributed by atoms with E-state index in [0.29, 0.717) is 12.1 Å². The summed E-state index contributed by atoms with van der Waals surface area (Å²) in [6.45, 7) is 5.59. The molecule has 7 heteroatoms. The Labute approximate surface area is 169 Å². The van der Waals surface area contributed by atoms with E-state index in [1.807, 2.05) is 25.1 Å². The fourth-order valence-electron chi connectivity index (χ4n) is 4.10. The van der Waals surface area contributed by atoms with E-state index in [0.717, 1.165) is 59.5 Å². The van der Waals surface area contributed by atoms with Gasteiger partial charge in [0.1, 0.15) is 5.82 Å². The number of imidazole rings is 1. The van der Waals surface area contributed by atoms with Crippen molar-refractivity contribution in [1.29, 1.82) is 0 Å². The molecular weight excluding hydrogens is 364 g/mol. The quantitative estimate of drug-likeness (QED) is 0.636. The smallest absolute Gasteiger partial charge is 0.255 e. The molecule has 3 aromatic rings. The molecule has 0 radical (unpaired) electrons. The maximum Gasteiger partial charge on any atom is 0.255 e. The fraction of sp³-hybridized carbons (Fsp3) is 0.409. The minimum atomic E-state index is -0.282. The van der Waals surface area contributed by atoms with Crippen molar-refractivity contribution in [2.75, 3.05) is 18.0 Å². The number of H-pyrrole nitrogens is 1. The summed E-state index contributed by atoms with van der Waals surface area (Å²) in [4.78, 5) is 27.9. The second kappa shape index (κ2) is 6.56. The Bertz CT molecular complexity index is 1100. The Morgan fingerprint density at radius 1 is 1.34 bits per heavy atom. The lowest BCUT2D eigenvalue weighted by atomic mass is 10.0. The van der Waals surface area contributed by atoms with Gasteiger partial charge < -0.3 is 20.9 Å². The van der Waals surface area contributed by atoms with Crippen LogP contribution < -0.4 is 16.0 Å². The van der Waals surface area contributed by atoms with Gasteiger partial charge in [-0.05, 0) is 44.7 Å².